The lowest BCUT2D eigenvalue weighted by Gasteiger charge is -2.37. The molecule has 5 amide bonds. The molecule has 0 aromatic heterocycles. The van der Waals surface area contributed by atoms with E-state index in [0.717, 1.165) is 63.9 Å². The maximum Gasteiger partial charge on any atom is 0.315 e. The number of hydrogen-bond acceptors (Lipinski definition) is 7. The van der Waals surface area contributed by atoms with Crippen LogP contribution in [0.3, 0.4) is 0 Å². The van der Waals surface area contributed by atoms with E-state index in [2.05, 4.69) is 111 Å². The number of Topliss-reactive ketones (excluding diaryl/α,β-unsaturated/α-hetero) is 1. The van der Waals surface area contributed by atoms with E-state index >= 15 is 0 Å². The quantitative estimate of drug-likeness (QED) is 0.146. The van der Waals surface area contributed by atoms with Gasteiger partial charge in [0.2, 0.25) is 17.6 Å². The van der Waals surface area contributed by atoms with E-state index in [0.29, 0.717) is 24.8 Å². The van der Waals surface area contributed by atoms with Crippen molar-refractivity contribution in [2.75, 3.05) is 26.7 Å². The number of carbonyl (C=O) groups excluding carboxylic acids is 6. The fourth-order valence-corrected chi connectivity index (χ4v) is 4.53. The van der Waals surface area contributed by atoms with Gasteiger partial charge in [0.25, 0.3) is 5.91 Å². The molecular weight excluding hydrogens is 686 g/mol. The molecule has 0 aromatic carbocycles. The van der Waals surface area contributed by atoms with Crippen molar-refractivity contribution in [2.45, 2.75) is 192 Å². The Morgan fingerprint density at radius 3 is 1.59 bits per heavy atom. The Morgan fingerprint density at radius 1 is 0.778 bits per heavy atom. The van der Waals surface area contributed by atoms with Crippen LogP contribution in [0.5, 0.6) is 0 Å². The molecule has 1 saturated heterocycles. The summed E-state index contributed by atoms with van der Waals surface area (Å²) in [6, 6.07) is -0.998. The molecule has 3 fully saturated rings. The van der Waals surface area contributed by atoms with E-state index in [4.69, 9.17) is 9.90 Å². The van der Waals surface area contributed by atoms with Crippen LogP contribution in [0.4, 0.5) is 4.79 Å². The molecule has 54 heavy (non-hydrogen) atoms. The molecule has 3 rings (SSSR count). The third-order valence-corrected chi connectivity index (χ3v) is 6.73. The van der Waals surface area contributed by atoms with E-state index < -0.39 is 30.2 Å². The van der Waals surface area contributed by atoms with Crippen LogP contribution in [0.2, 0.25) is 0 Å². The van der Waals surface area contributed by atoms with Gasteiger partial charge in [0.15, 0.2) is 0 Å². The van der Waals surface area contributed by atoms with E-state index in [1.54, 1.807) is 0 Å². The van der Waals surface area contributed by atoms with Crippen LogP contribution in [-0.2, 0) is 24.0 Å². The largest absolute Gasteiger partial charge is 0.400 e. The van der Waals surface area contributed by atoms with E-state index in [1.165, 1.54) is 17.7 Å². The highest BCUT2D eigenvalue weighted by atomic mass is 16.2. The summed E-state index contributed by atoms with van der Waals surface area (Å²) in [6.45, 7) is 33.9. The number of carbonyl (C=O) groups is 6. The highest BCUT2D eigenvalue weighted by Gasteiger charge is 2.35. The number of likely N-dealkylation sites (tertiary alicyclic amines) is 1. The van der Waals surface area contributed by atoms with Crippen molar-refractivity contribution in [1.29, 1.82) is 0 Å². The minimum absolute atomic E-state index is 0. The molecule has 5 N–H and O–H groups in total. The first-order valence-corrected chi connectivity index (χ1v) is 20.4. The van der Waals surface area contributed by atoms with Gasteiger partial charge in [-0.05, 0) is 62.2 Å². The minimum atomic E-state index is -0.702. The van der Waals surface area contributed by atoms with Crippen molar-refractivity contribution in [2.24, 2.45) is 17.3 Å². The Morgan fingerprint density at radius 2 is 1.20 bits per heavy atom. The topological polar surface area (TPSA) is 174 Å². The Kier molecular flexibility index (Phi) is 41.2. The van der Waals surface area contributed by atoms with Crippen LogP contribution in [0.25, 0.3) is 0 Å². The lowest BCUT2D eigenvalue weighted by Crippen LogP contribution is -2.55. The summed E-state index contributed by atoms with van der Waals surface area (Å²) in [5.74, 6) is -0.526. The second kappa shape index (κ2) is 36.9. The highest BCUT2D eigenvalue weighted by molar-refractivity contribution is 6.37. The van der Waals surface area contributed by atoms with Crippen molar-refractivity contribution < 1.29 is 39.6 Å². The van der Waals surface area contributed by atoms with Crippen LogP contribution in [0.15, 0.2) is 0 Å². The van der Waals surface area contributed by atoms with Gasteiger partial charge in [0.1, 0.15) is 12.8 Å². The van der Waals surface area contributed by atoms with Gasteiger partial charge in [-0.1, -0.05) is 130 Å². The zero-order valence-corrected chi connectivity index (χ0v) is 37.8. The molecule has 12 nitrogen and oxygen atoms in total. The number of aliphatic hydroxyl groups excluding tert-OH is 1. The van der Waals surface area contributed by atoms with Crippen molar-refractivity contribution in [3.05, 3.63) is 0 Å². The molecule has 1 aliphatic heterocycles. The standard InChI is InChI=1S/C22H35N5O5.C5H12.2C4H10.C3H8.C2H6.CH4O.CH2O.4H2/c1-2-22(10-4-3-5-11-22)26-21(32)24-14-18(29)27-12-6-7-16(27)19(30)23-13-17(28)20(31)25-15-8-9-15;1-5(2,3)4;2*1-4(2)3;1-3-2;3*1-2;;;;/h15-16H,2-14H2,1H3,(H,23,30)(H,25,31)(H2,24,26,32);1-4H3;2*4H,1-3H3;3H2,1-2H3;1-2H3;2H,1H3;1H2;4*1H/t16-;;;;;;;;;;;/m0.........../s1. The number of nitrogens with zero attached hydrogens (tertiary/aromatic N) is 1. The molecule has 0 radical (unpaired) electrons. The molecule has 330 valence electrons. The third kappa shape index (κ3) is 38.7. The fourth-order valence-electron chi connectivity index (χ4n) is 4.53. The Labute approximate surface area is 337 Å². The van der Waals surface area contributed by atoms with E-state index in [9.17, 15) is 24.0 Å². The van der Waals surface area contributed by atoms with Gasteiger partial charge in [-0.15, -0.1) is 0 Å². The lowest BCUT2D eigenvalue weighted by atomic mass is 9.80. The predicted molar refractivity (Wildman–Crippen MR) is 234 cm³/mol. The summed E-state index contributed by atoms with van der Waals surface area (Å²) >= 11 is 0. The van der Waals surface area contributed by atoms with Gasteiger partial charge in [0.05, 0.1) is 13.1 Å². The highest BCUT2D eigenvalue weighted by Crippen LogP contribution is 2.30. The summed E-state index contributed by atoms with van der Waals surface area (Å²) in [5.41, 5.74) is 0.291. The fraction of sp³-hybridized carbons (Fsp3) is 0.857. The number of ketones is 1. The molecule has 0 bridgehead atoms. The van der Waals surface area contributed by atoms with Crippen molar-refractivity contribution in [3.63, 3.8) is 0 Å². The molecule has 3 aliphatic rings. The summed E-state index contributed by atoms with van der Waals surface area (Å²) in [6.07, 6.45) is 10.2. The Bertz CT molecular complexity index is 961. The Balaban J connectivity index is -0.000000111. The number of nitrogens with one attached hydrogen (secondary N) is 4. The maximum absolute atomic E-state index is 12.7. The molecule has 0 spiro atoms. The maximum atomic E-state index is 12.7. The first-order chi connectivity index (χ1) is 25.2. The number of hydrogen-bond donors (Lipinski definition) is 5. The molecule has 12 heteroatoms. The SMILES string of the molecule is C=O.CC.CC(C)(C)C.CC(C)C.CC(C)C.CCC.CCC1(NC(=O)NCC(=O)N2CCC[C@H]2C(=O)NCC(=O)C(=O)NC2CC2)CCCCC1.CO.[HH].[HH].[HH].[HH]. The molecule has 0 aromatic rings. The number of rotatable bonds is 9. The van der Waals surface area contributed by atoms with Gasteiger partial charge >= 0.3 is 6.03 Å². The van der Waals surface area contributed by atoms with Gasteiger partial charge in [-0.3, -0.25) is 19.2 Å². The Hall–Kier alpha value is -3.02. The first kappa shape index (κ1) is 60.2. The van der Waals surface area contributed by atoms with Crippen molar-refractivity contribution in [3.8, 4) is 0 Å². The zero-order valence-electron chi connectivity index (χ0n) is 37.8. The van der Waals surface area contributed by atoms with Gasteiger partial charge in [-0.2, -0.15) is 0 Å². The van der Waals surface area contributed by atoms with Crippen LogP contribution < -0.4 is 21.3 Å². The zero-order chi connectivity index (χ0) is 43.5. The predicted octanol–water partition coefficient (Wildman–Crippen LogP) is 8.58. The van der Waals surface area contributed by atoms with E-state index in [1.807, 2.05) is 20.6 Å². The average molecular weight is 782 g/mol. The molecular formula is C42H95N5O7. The van der Waals surface area contributed by atoms with Gasteiger partial charge in [-0.25, -0.2) is 4.79 Å². The average Bonchev–Trinajstić information content (AvgIpc) is 3.78. The molecule has 1 atom stereocenters. The molecule has 2 saturated carbocycles. The minimum Gasteiger partial charge on any atom is -0.400 e. The normalized spacial score (nSPS) is 16.1. The third-order valence-electron chi connectivity index (χ3n) is 6.73. The molecule has 0 unspecified atom stereocenters. The van der Waals surface area contributed by atoms with Gasteiger partial charge in [0, 0.05) is 30.9 Å². The number of urea groups is 1. The first-order valence-electron chi connectivity index (χ1n) is 20.4. The second-order valence-electron chi connectivity index (χ2n) is 16.3. The number of aliphatic hydroxyl groups is 1. The van der Waals surface area contributed by atoms with Crippen LogP contribution in [-0.4, -0.2) is 90.7 Å². The van der Waals surface area contributed by atoms with E-state index in [-0.39, 0.29) is 35.8 Å². The second-order valence-corrected chi connectivity index (χ2v) is 16.3. The summed E-state index contributed by atoms with van der Waals surface area (Å²) in [5, 5.41) is 17.7. The van der Waals surface area contributed by atoms with Crippen molar-refractivity contribution >= 4 is 36.3 Å². The summed E-state index contributed by atoms with van der Waals surface area (Å²) in [4.78, 5) is 70.6. The van der Waals surface area contributed by atoms with Gasteiger partial charge < -0.3 is 36.1 Å². The molecule has 2 aliphatic carbocycles. The van der Waals surface area contributed by atoms with Crippen LogP contribution in [0, 0.1) is 17.3 Å². The lowest BCUT2D eigenvalue weighted by molar-refractivity contribution is -0.140. The van der Waals surface area contributed by atoms with Crippen LogP contribution in [0.1, 0.15) is 180 Å². The summed E-state index contributed by atoms with van der Waals surface area (Å²) in [7, 11) is 1.00. The smallest absolute Gasteiger partial charge is 0.315 e. The van der Waals surface area contributed by atoms with Crippen molar-refractivity contribution in [1.82, 2.24) is 26.2 Å². The molecule has 1 heterocycles. The monoisotopic (exact) mass is 782 g/mol. The number of amides is 5. The summed E-state index contributed by atoms with van der Waals surface area (Å²) < 4.78 is 0. The van der Waals surface area contributed by atoms with Crippen LogP contribution >= 0.6 is 0 Å².